The summed E-state index contributed by atoms with van der Waals surface area (Å²) in [5, 5.41) is 1.13. The van der Waals surface area contributed by atoms with Gasteiger partial charge in [-0.25, -0.2) is 4.98 Å². The highest BCUT2D eigenvalue weighted by atomic mass is 16.3. The van der Waals surface area contributed by atoms with E-state index in [1.54, 1.807) is 0 Å². The maximum Gasteiger partial charge on any atom is 0.134 e. The SMILES string of the molecule is Cc1nc(-c2coc3ccccc23)c2n1CC(N)CC2. The minimum atomic E-state index is 0.240. The van der Waals surface area contributed by atoms with Crippen molar-refractivity contribution < 1.29 is 4.42 Å². The molecule has 4 nitrogen and oxygen atoms in total. The van der Waals surface area contributed by atoms with E-state index in [9.17, 15) is 0 Å². The summed E-state index contributed by atoms with van der Waals surface area (Å²) >= 11 is 0. The summed E-state index contributed by atoms with van der Waals surface area (Å²) in [6, 6.07) is 8.34. The first-order chi connectivity index (χ1) is 9.74. The third kappa shape index (κ3) is 1.61. The van der Waals surface area contributed by atoms with Gasteiger partial charge in [-0.05, 0) is 25.8 Å². The number of aromatic nitrogens is 2. The Bertz CT molecular complexity index is 784. The second kappa shape index (κ2) is 4.21. The Balaban J connectivity index is 1.93. The number of benzene rings is 1. The van der Waals surface area contributed by atoms with Gasteiger partial charge in [0, 0.05) is 29.2 Å². The van der Waals surface area contributed by atoms with Crippen LogP contribution in [0.4, 0.5) is 0 Å². The van der Waals surface area contributed by atoms with Gasteiger partial charge in [0.2, 0.25) is 0 Å². The van der Waals surface area contributed by atoms with Crippen molar-refractivity contribution in [3.8, 4) is 11.3 Å². The third-order valence-corrected chi connectivity index (χ3v) is 4.17. The molecule has 2 N–H and O–H groups in total. The Hall–Kier alpha value is -2.07. The summed E-state index contributed by atoms with van der Waals surface area (Å²) in [6.45, 7) is 2.91. The lowest BCUT2D eigenvalue weighted by Gasteiger charge is -2.22. The molecular formula is C16H17N3O. The number of furan rings is 1. The Morgan fingerprint density at radius 3 is 3.10 bits per heavy atom. The molecule has 0 saturated heterocycles. The van der Waals surface area contributed by atoms with Gasteiger partial charge in [0.15, 0.2) is 0 Å². The molecule has 0 aliphatic carbocycles. The third-order valence-electron chi connectivity index (χ3n) is 4.17. The molecule has 20 heavy (non-hydrogen) atoms. The normalized spacial score (nSPS) is 18.4. The lowest BCUT2D eigenvalue weighted by Crippen LogP contribution is -2.32. The number of aryl methyl sites for hydroxylation is 1. The predicted octanol–water partition coefficient (Wildman–Crippen LogP) is 2.88. The summed E-state index contributed by atoms with van der Waals surface area (Å²) in [5.74, 6) is 1.04. The van der Waals surface area contributed by atoms with Crippen LogP contribution in [0.5, 0.6) is 0 Å². The van der Waals surface area contributed by atoms with Crippen molar-refractivity contribution in [2.45, 2.75) is 32.4 Å². The fourth-order valence-corrected chi connectivity index (χ4v) is 3.13. The molecule has 3 heterocycles. The summed E-state index contributed by atoms with van der Waals surface area (Å²) < 4.78 is 7.91. The molecule has 4 rings (SSSR count). The number of nitrogens with two attached hydrogens (primary N) is 1. The second-order valence-electron chi connectivity index (χ2n) is 5.51. The van der Waals surface area contributed by atoms with E-state index >= 15 is 0 Å². The quantitative estimate of drug-likeness (QED) is 0.737. The monoisotopic (exact) mass is 267 g/mol. The average Bonchev–Trinajstić information content (AvgIpc) is 3.01. The number of hydrogen-bond donors (Lipinski definition) is 1. The van der Waals surface area contributed by atoms with E-state index < -0.39 is 0 Å². The number of rotatable bonds is 1. The molecule has 3 aromatic rings. The van der Waals surface area contributed by atoms with Crippen LogP contribution in [0.1, 0.15) is 17.9 Å². The van der Waals surface area contributed by atoms with Crippen molar-refractivity contribution in [1.82, 2.24) is 9.55 Å². The van der Waals surface area contributed by atoms with Crippen LogP contribution in [0.3, 0.4) is 0 Å². The van der Waals surface area contributed by atoms with Crippen LogP contribution in [0.2, 0.25) is 0 Å². The van der Waals surface area contributed by atoms with Gasteiger partial charge in [-0.1, -0.05) is 18.2 Å². The molecular weight excluding hydrogens is 250 g/mol. The lowest BCUT2D eigenvalue weighted by molar-refractivity contribution is 0.454. The Labute approximate surface area is 117 Å². The molecule has 1 atom stereocenters. The van der Waals surface area contributed by atoms with Crippen LogP contribution in [0.25, 0.3) is 22.2 Å². The zero-order chi connectivity index (χ0) is 13.7. The number of hydrogen-bond acceptors (Lipinski definition) is 3. The van der Waals surface area contributed by atoms with Crippen molar-refractivity contribution >= 4 is 11.0 Å². The molecule has 0 bridgehead atoms. The number of para-hydroxylation sites is 1. The molecule has 0 saturated carbocycles. The standard InChI is InChI=1S/C16H17N3O/c1-10-18-16(14-7-6-11(17)8-19(10)14)13-9-20-15-5-3-2-4-12(13)15/h2-5,9,11H,6-8,17H2,1H3. The van der Waals surface area contributed by atoms with Crippen molar-refractivity contribution in [1.29, 1.82) is 0 Å². The number of imidazole rings is 1. The van der Waals surface area contributed by atoms with E-state index in [1.165, 1.54) is 5.69 Å². The zero-order valence-corrected chi connectivity index (χ0v) is 11.5. The van der Waals surface area contributed by atoms with Gasteiger partial charge in [-0.3, -0.25) is 0 Å². The Morgan fingerprint density at radius 1 is 1.35 bits per heavy atom. The molecule has 0 spiro atoms. The molecule has 2 aromatic heterocycles. The van der Waals surface area contributed by atoms with Crippen molar-refractivity contribution in [3.05, 3.63) is 42.0 Å². The van der Waals surface area contributed by atoms with Crippen LogP contribution in [0, 0.1) is 6.92 Å². The predicted molar refractivity (Wildman–Crippen MR) is 78.5 cm³/mol. The molecule has 1 aliphatic heterocycles. The molecule has 1 aromatic carbocycles. The first-order valence-corrected chi connectivity index (χ1v) is 7.02. The number of fused-ring (bicyclic) bond motifs is 2. The smallest absolute Gasteiger partial charge is 0.134 e. The van der Waals surface area contributed by atoms with Crippen molar-refractivity contribution in [2.24, 2.45) is 5.73 Å². The molecule has 1 unspecified atom stereocenters. The van der Waals surface area contributed by atoms with Crippen molar-refractivity contribution in [2.75, 3.05) is 0 Å². The van der Waals surface area contributed by atoms with E-state index in [1.807, 2.05) is 31.4 Å². The van der Waals surface area contributed by atoms with Crippen LogP contribution in [0.15, 0.2) is 34.9 Å². The molecule has 0 amide bonds. The van der Waals surface area contributed by atoms with Crippen LogP contribution < -0.4 is 5.73 Å². The van der Waals surface area contributed by atoms with Crippen LogP contribution >= 0.6 is 0 Å². The lowest BCUT2D eigenvalue weighted by atomic mass is 10.0. The van der Waals surface area contributed by atoms with E-state index in [-0.39, 0.29) is 6.04 Å². The molecule has 1 aliphatic rings. The summed E-state index contributed by atoms with van der Waals surface area (Å²) in [5.41, 5.74) is 10.4. The summed E-state index contributed by atoms with van der Waals surface area (Å²) in [7, 11) is 0. The Morgan fingerprint density at radius 2 is 2.20 bits per heavy atom. The average molecular weight is 267 g/mol. The maximum absolute atomic E-state index is 6.07. The first kappa shape index (κ1) is 11.7. The van der Waals surface area contributed by atoms with Gasteiger partial charge < -0.3 is 14.7 Å². The van der Waals surface area contributed by atoms with Gasteiger partial charge in [0.25, 0.3) is 0 Å². The number of nitrogens with zero attached hydrogens (tertiary/aromatic N) is 2. The van der Waals surface area contributed by atoms with E-state index in [0.717, 1.165) is 47.4 Å². The van der Waals surface area contributed by atoms with Gasteiger partial charge in [-0.2, -0.15) is 0 Å². The topological polar surface area (TPSA) is 57.0 Å². The highest BCUT2D eigenvalue weighted by Crippen LogP contribution is 2.34. The van der Waals surface area contributed by atoms with Crippen molar-refractivity contribution in [3.63, 3.8) is 0 Å². The van der Waals surface area contributed by atoms with Gasteiger partial charge >= 0.3 is 0 Å². The molecule has 0 radical (unpaired) electrons. The second-order valence-corrected chi connectivity index (χ2v) is 5.51. The Kier molecular flexibility index (Phi) is 2.47. The van der Waals surface area contributed by atoms with E-state index in [4.69, 9.17) is 15.1 Å². The van der Waals surface area contributed by atoms with Gasteiger partial charge in [-0.15, -0.1) is 0 Å². The van der Waals surface area contributed by atoms with E-state index in [2.05, 4.69) is 10.6 Å². The largest absolute Gasteiger partial charge is 0.464 e. The fourth-order valence-electron chi connectivity index (χ4n) is 3.13. The van der Waals surface area contributed by atoms with Gasteiger partial charge in [0.05, 0.1) is 5.69 Å². The highest BCUT2D eigenvalue weighted by molar-refractivity contribution is 5.93. The summed E-state index contributed by atoms with van der Waals surface area (Å²) in [6.07, 6.45) is 3.83. The van der Waals surface area contributed by atoms with E-state index in [0.29, 0.717) is 0 Å². The minimum absolute atomic E-state index is 0.240. The molecule has 0 fully saturated rings. The minimum Gasteiger partial charge on any atom is -0.464 e. The molecule has 4 heteroatoms. The maximum atomic E-state index is 6.07. The molecule has 102 valence electrons. The van der Waals surface area contributed by atoms with Gasteiger partial charge in [0.1, 0.15) is 17.7 Å². The van der Waals surface area contributed by atoms with Crippen LogP contribution in [-0.2, 0) is 13.0 Å². The zero-order valence-electron chi connectivity index (χ0n) is 11.5. The van der Waals surface area contributed by atoms with Crippen LogP contribution in [-0.4, -0.2) is 15.6 Å². The fraction of sp³-hybridized carbons (Fsp3) is 0.312. The highest BCUT2D eigenvalue weighted by Gasteiger charge is 2.24. The first-order valence-electron chi connectivity index (χ1n) is 7.02. The summed E-state index contributed by atoms with van der Waals surface area (Å²) in [4.78, 5) is 4.77.